The van der Waals surface area contributed by atoms with Crippen LogP contribution in [-0.2, 0) is 14.6 Å². The number of sulfone groups is 1. The number of hydrogen-bond acceptors (Lipinski definition) is 4. The molecule has 2 aromatic rings. The Bertz CT molecular complexity index is 724. The molecule has 2 aromatic carbocycles. The second kappa shape index (κ2) is 9.23. The number of unbranched alkanes of at least 4 members (excludes halogenated alkanes) is 3. The van der Waals surface area contributed by atoms with Gasteiger partial charge in [-0.25, -0.2) is 8.42 Å². The van der Waals surface area contributed by atoms with Gasteiger partial charge in [-0.3, -0.25) is 4.79 Å². The Morgan fingerprint density at radius 3 is 2.04 bits per heavy atom. The highest BCUT2D eigenvalue weighted by molar-refractivity contribution is 7.91. The molecule has 2 rings (SSSR count). The maximum Gasteiger partial charge on any atom is 0.311 e. The van der Waals surface area contributed by atoms with Gasteiger partial charge < -0.3 is 4.74 Å². The number of ether oxygens (including phenoxy) is 1. The van der Waals surface area contributed by atoms with E-state index in [1.807, 2.05) is 18.2 Å². The molecule has 0 amide bonds. The number of rotatable bonds is 9. The molecule has 128 valence electrons. The van der Waals surface area contributed by atoms with E-state index in [1.54, 1.807) is 42.5 Å². The molecule has 0 heterocycles. The summed E-state index contributed by atoms with van der Waals surface area (Å²) < 4.78 is 29.4. The van der Waals surface area contributed by atoms with Crippen molar-refractivity contribution in [2.75, 3.05) is 5.75 Å². The molecule has 5 heteroatoms. The summed E-state index contributed by atoms with van der Waals surface area (Å²) in [6.45, 7) is 0. The van der Waals surface area contributed by atoms with Gasteiger partial charge >= 0.3 is 5.97 Å². The van der Waals surface area contributed by atoms with Crippen LogP contribution in [-0.4, -0.2) is 20.1 Å². The molecule has 0 aliphatic rings. The van der Waals surface area contributed by atoms with Crippen molar-refractivity contribution in [3.63, 3.8) is 0 Å². The van der Waals surface area contributed by atoms with Gasteiger partial charge in [0.25, 0.3) is 0 Å². The van der Waals surface area contributed by atoms with Gasteiger partial charge in [0, 0.05) is 6.42 Å². The quantitative estimate of drug-likeness (QED) is 0.391. The lowest BCUT2D eigenvalue weighted by Gasteiger charge is -2.05. The van der Waals surface area contributed by atoms with Crippen LogP contribution in [0.4, 0.5) is 0 Å². The molecule has 0 unspecified atom stereocenters. The smallest absolute Gasteiger partial charge is 0.311 e. The molecule has 0 aliphatic carbocycles. The zero-order valence-electron chi connectivity index (χ0n) is 13.6. The molecule has 0 N–H and O–H groups in total. The van der Waals surface area contributed by atoms with Gasteiger partial charge in [0.1, 0.15) is 5.75 Å². The molecule has 4 nitrogen and oxygen atoms in total. The minimum atomic E-state index is -3.20. The molecule has 0 radical (unpaired) electrons. The number of carbonyl (C=O) groups is 1. The van der Waals surface area contributed by atoms with E-state index in [4.69, 9.17) is 4.74 Å². The van der Waals surface area contributed by atoms with Crippen LogP contribution in [0.2, 0.25) is 0 Å². The lowest BCUT2D eigenvalue weighted by Crippen LogP contribution is -2.08. The predicted octanol–water partition coefficient (Wildman–Crippen LogP) is 4.02. The number of benzene rings is 2. The highest BCUT2D eigenvalue weighted by Crippen LogP contribution is 2.14. The second-order valence-corrected chi connectivity index (χ2v) is 7.69. The normalized spacial score (nSPS) is 11.2. The first-order chi connectivity index (χ1) is 11.6. The minimum absolute atomic E-state index is 0.144. The third kappa shape index (κ3) is 6.16. The van der Waals surface area contributed by atoms with Gasteiger partial charge in [-0.05, 0) is 37.1 Å². The van der Waals surface area contributed by atoms with Crippen LogP contribution in [0.1, 0.15) is 32.1 Å². The average Bonchev–Trinajstić information content (AvgIpc) is 2.59. The van der Waals surface area contributed by atoms with E-state index in [1.165, 1.54) is 0 Å². The summed E-state index contributed by atoms with van der Waals surface area (Å²) in [5.41, 5.74) is 0. The van der Waals surface area contributed by atoms with E-state index in [9.17, 15) is 13.2 Å². The monoisotopic (exact) mass is 346 g/mol. The Hall–Kier alpha value is -2.14. The molecule has 0 fully saturated rings. The first-order valence-corrected chi connectivity index (χ1v) is 9.77. The number of hydrogen-bond donors (Lipinski definition) is 0. The highest BCUT2D eigenvalue weighted by atomic mass is 32.2. The van der Waals surface area contributed by atoms with Gasteiger partial charge in [-0.15, -0.1) is 0 Å². The van der Waals surface area contributed by atoms with Gasteiger partial charge in [-0.1, -0.05) is 49.2 Å². The lowest BCUT2D eigenvalue weighted by atomic mass is 10.1. The Morgan fingerprint density at radius 1 is 0.792 bits per heavy atom. The zero-order chi connectivity index (χ0) is 17.3. The fraction of sp³-hybridized carbons (Fsp3) is 0.316. The summed E-state index contributed by atoms with van der Waals surface area (Å²) in [4.78, 5) is 12.0. The standard InChI is InChI=1S/C19H22O4S/c20-19(23-17-11-5-3-6-12-17)15-9-1-2-10-16-24(21,22)18-13-7-4-8-14-18/h3-8,11-14H,1-2,9-10,15-16H2. The van der Waals surface area contributed by atoms with Crippen LogP contribution >= 0.6 is 0 Å². The van der Waals surface area contributed by atoms with Crippen molar-refractivity contribution in [2.45, 2.75) is 37.0 Å². The molecule has 0 spiro atoms. The van der Waals surface area contributed by atoms with Crippen molar-refractivity contribution in [2.24, 2.45) is 0 Å². The van der Waals surface area contributed by atoms with Gasteiger partial charge in [-0.2, -0.15) is 0 Å². The van der Waals surface area contributed by atoms with Crippen molar-refractivity contribution < 1.29 is 17.9 Å². The Kier molecular flexibility index (Phi) is 7.00. The summed E-state index contributed by atoms with van der Waals surface area (Å²) in [5.74, 6) is 0.445. The Balaban J connectivity index is 1.61. The number of para-hydroxylation sites is 1. The van der Waals surface area contributed by atoms with Crippen molar-refractivity contribution in [1.82, 2.24) is 0 Å². The SMILES string of the molecule is O=C(CCCCCCS(=O)(=O)c1ccccc1)Oc1ccccc1. The first-order valence-electron chi connectivity index (χ1n) is 8.11. The fourth-order valence-corrected chi connectivity index (χ4v) is 3.72. The third-order valence-corrected chi connectivity index (χ3v) is 5.44. The highest BCUT2D eigenvalue weighted by Gasteiger charge is 2.13. The topological polar surface area (TPSA) is 60.4 Å². The van der Waals surface area contributed by atoms with Crippen LogP contribution in [0, 0.1) is 0 Å². The number of carbonyl (C=O) groups excluding carboxylic acids is 1. The van der Waals surface area contributed by atoms with E-state index in [0.717, 1.165) is 12.8 Å². The molecule has 0 atom stereocenters. The van der Waals surface area contributed by atoms with E-state index >= 15 is 0 Å². The third-order valence-electron chi connectivity index (χ3n) is 3.62. The van der Waals surface area contributed by atoms with Gasteiger partial charge in [0.05, 0.1) is 10.6 Å². The van der Waals surface area contributed by atoms with E-state index in [2.05, 4.69) is 0 Å². The average molecular weight is 346 g/mol. The molecule has 0 aliphatic heterocycles. The van der Waals surface area contributed by atoms with Crippen molar-refractivity contribution in [3.05, 3.63) is 60.7 Å². The number of esters is 1. The predicted molar refractivity (Wildman–Crippen MR) is 93.7 cm³/mol. The van der Waals surface area contributed by atoms with Crippen molar-refractivity contribution in [1.29, 1.82) is 0 Å². The van der Waals surface area contributed by atoms with E-state index in [-0.39, 0.29) is 11.7 Å². The van der Waals surface area contributed by atoms with Crippen molar-refractivity contribution >= 4 is 15.8 Å². The molecule has 0 saturated heterocycles. The molecule has 0 aromatic heterocycles. The first kappa shape index (κ1) is 18.2. The Morgan fingerprint density at radius 2 is 1.38 bits per heavy atom. The second-order valence-electron chi connectivity index (χ2n) is 5.58. The van der Waals surface area contributed by atoms with E-state index in [0.29, 0.717) is 29.9 Å². The maximum atomic E-state index is 12.1. The molecule has 0 bridgehead atoms. The molecular weight excluding hydrogens is 324 g/mol. The summed E-state index contributed by atoms with van der Waals surface area (Å²) in [6.07, 6.45) is 3.25. The van der Waals surface area contributed by atoms with Crippen LogP contribution in [0.5, 0.6) is 5.75 Å². The zero-order valence-corrected chi connectivity index (χ0v) is 14.4. The van der Waals surface area contributed by atoms with Crippen LogP contribution in [0.25, 0.3) is 0 Å². The molecular formula is C19H22O4S. The summed E-state index contributed by atoms with van der Waals surface area (Å²) in [5, 5.41) is 0. The van der Waals surface area contributed by atoms with Crippen LogP contribution in [0.15, 0.2) is 65.6 Å². The molecule has 0 saturated carbocycles. The van der Waals surface area contributed by atoms with Crippen molar-refractivity contribution in [3.8, 4) is 5.75 Å². The lowest BCUT2D eigenvalue weighted by molar-refractivity contribution is -0.134. The summed E-state index contributed by atoms with van der Waals surface area (Å²) in [7, 11) is -3.20. The fourth-order valence-electron chi connectivity index (χ4n) is 2.33. The largest absolute Gasteiger partial charge is 0.427 e. The molecule has 24 heavy (non-hydrogen) atoms. The van der Waals surface area contributed by atoms with Gasteiger partial charge in [0.15, 0.2) is 9.84 Å². The van der Waals surface area contributed by atoms with Gasteiger partial charge in [0.2, 0.25) is 0 Å². The Labute approximate surface area is 143 Å². The van der Waals surface area contributed by atoms with E-state index < -0.39 is 9.84 Å². The minimum Gasteiger partial charge on any atom is -0.427 e. The maximum absolute atomic E-state index is 12.1. The summed E-state index contributed by atoms with van der Waals surface area (Å²) in [6, 6.07) is 17.5. The van der Waals surface area contributed by atoms with Crippen LogP contribution < -0.4 is 4.74 Å². The summed E-state index contributed by atoms with van der Waals surface area (Å²) >= 11 is 0. The van der Waals surface area contributed by atoms with Crippen LogP contribution in [0.3, 0.4) is 0 Å².